The maximum Gasteiger partial charge on any atom is 0.242 e. The molecular formula is C15H23ClN4O4S. The lowest BCUT2D eigenvalue weighted by molar-refractivity contribution is 0.0911. The van der Waals surface area contributed by atoms with E-state index in [0.717, 1.165) is 11.1 Å². The number of benzene rings is 1. The topological polar surface area (TPSA) is 120 Å². The lowest BCUT2D eigenvalue weighted by atomic mass is 10.1. The van der Waals surface area contributed by atoms with E-state index in [9.17, 15) is 8.42 Å². The van der Waals surface area contributed by atoms with Crippen LogP contribution in [0.5, 0.6) is 0 Å². The SMILES string of the molecule is CC(C)OCCS(=O)(=O)NCc1nc(-c2ccc(CN)cc2)no1.Cl. The fourth-order valence-corrected chi connectivity index (χ4v) is 2.67. The minimum Gasteiger partial charge on any atom is -0.378 e. The van der Waals surface area contributed by atoms with Crippen LogP contribution < -0.4 is 10.5 Å². The average molecular weight is 391 g/mol. The molecule has 25 heavy (non-hydrogen) atoms. The second-order valence-electron chi connectivity index (χ2n) is 5.47. The Bertz CT molecular complexity index is 747. The van der Waals surface area contributed by atoms with Gasteiger partial charge in [0, 0.05) is 12.1 Å². The van der Waals surface area contributed by atoms with Crippen LogP contribution in [0.2, 0.25) is 0 Å². The number of nitrogens with one attached hydrogen (secondary N) is 1. The molecule has 0 unspecified atom stereocenters. The van der Waals surface area contributed by atoms with Gasteiger partial charge in [-0.25, -0.2) is 13.1 Å². The van der Waals surface area contributed by atoms with E-state index >= 15 is 0 Å². The Morgan fingerprint density at radius 2 is 1.96 bits per heavy atom. The van der Waals surface area contributed by atoms with Crippen LogP contribution in [0.25, 0.3) is 11.4 Å². The lowest BCUT2D eigenvalue weighted by Crippen LogP contribution is -2.28. The quantitative estimate of drug-likeness (QED) is 0.664. The standard InChI is InChI=1S/C15H22N4O4S.ClH/c1-11(2)22-7-8-24(20,21)17-10-14-18-15(19-23-14)13-5-3-12(9-16)4-6-13;/h3-6,11,17H,7-10,16H2,1-2H3;1H. The number of nitrogens with zero attached hydrogens (tertiary/aromatic N) is 2. The van der Waals surface area contributed by atoms with E-state index in [4.69, 9.17) is 15.0 Å². The van der Waals surface area contributed by atoms with E-state index in [2.05, 4.69) is 14.9 Å². The molecule has 0 aliphatic rings. The summed E-state index contributed by atoms with van der Waals surface area (Å²) in [4.78, 5) is 4.18. The molecule has 0 saturated carbocycles. The molecule has 2 rings (SSSR count). The monoisotopic (exact) mass is 390 g/mol. The zero-order valence-electron chi connectivity index (χ0n) is 14.1. The van der Waals surface area contributed by atoms with Gasteiger partial charge in [-0.1, -0.05) is 29.4 Å². The molecule has 0 spiro atoms. The number of hydrogen-bond acceptors (Lipinski definition) is 7. The van der Waals surface area contributed by atoms with Crippen LogP contribution in [0.1, 0.15) is 25.3 Å². The molecule has 1 aromatic carbocycles. The predicted molar refractivity (Wildman–Crippen MR) is 96.6 cm³/mol. The van der Waals surface area contributed by atoms with Crippen molar-refractivity contribution in [3.8, 4) is 11.4 Å². The van der Waals surface area contributed by atoms with Crippen LogP contribution in [0.4, 0.5) is 0 Å². The molecule has 3 N–H and O–H groups in total. The third-order valence-electron chi connectivity index (χ3n) is 3.16. The molecule has 0 aliphatic carbocycles. The Morgan fingerprint density at radius 1 is 1.28 bits per heavy atom. The largest absolute Gasteiger partial charge is 0.378 e. The van der Waals surface area contributed by atoms with Crippen molar-refractivity contribution in [1.29, 1.82) is 0 Å². The minimum absolute atomic E-state index is 0. The molecule has 0 radical (unpaired) electrons. The third kappa shape index (κ3) is 7.09. The first kappa shape index (κ1) is 21.5. The summed E-state index contributed by atoms with van der Waals surface area (Å²) >= 11 is 0. The number of ether oxygens (including phenoxy) is 1. The van der Waals surface area contributed by atoms with Gasteiger partial charge in [-0.15, -0.1) is 12.4 Å². The van der Waals surface area contributed by atoms with Crippen molar-refractivity contribution in [1.82, 2.24) is 14.9 Å². The normalized spacial score (nSPS) is 11.5. The minimum atomic E-state index is -3.46. The zero-order chi connectivity index (χ0) is 17.6. The summed E-state index contributed by atoms with van der Waals surface area (Å²) in [6.07, 6.45) is -0.00985. The first-order valence-electron chi connectivity index (χ1n) is 7.60. The molecule has 0 atom stereocenters. The van der Waals surface area contributed by atoms with Crippen LogP contribution in [0.3, 0.4) is 0 Å². The molecule has 1 heterocycles. The summed E-state index contributed by atoms with van der Waals surface area (Å²) in [5, 5.41) is 3.85. The first-order chi connectivity index (χ1) is 11.4. The van der Waals surface area contributed by atoms with E-state index in [1.165, 1.54) is 0 Å². The van der Waals surface area contributed by atoms with Crippen LogP contribution >= 0.6 is 12.4 Å². The van der Waals surface area contributed by atoms with Gasteiger partial charge in [0.25, 0.3) is 0 Å². The van der Waals surface area contributed by atoms with Gasteiger partial charge in [-0.05, 0) is 19.4 Å². The zero-order valence-corrected chi connectivity index (χ0v) is 15.8. The fourth-order valence-electron chi connectivity index (χ4n) is 1.87. The van der Waals surface area contributed by atoms with Gasteiger partial charge >= 0.3 is 0 Å². The van der Waals surface area contributed by atoms with Gasteiger partial charge < -0.3 is 15.0 Å². The highest BCUT2D eigenvalue weighted by molar-refractivity contribution is 7.89. The smallest absolute Gasteiger partial charge is 0.242 e. The Kier molecular flexibility index (Phi) is 8.46. The van der Waals surface area contributed by atoms with Gasteiger partial charge in [0.1, 0.15) is 0 Å². The van der Waals surface area contributed by atoms with Gasteiger partial charge in [0.2, 0.25) is 21.7 Å². The Hall–Kier alpha value is -1.52. The third-order valence-corrected chi connectivity index (χ3v) is 4.45. The van der Waals surface area contributed by atoms with E-state index in [1.54, 1.807) is 0 Å². The molecular weight excluding hydrogens is 368 g/mol. The molecule has 0 amide bonds. The summed E-state index contributed by atoms with van der Waals surface area (Å²) in [6.45, 7) is 4.23. The van der Waals surface area contributed by atoms with Crippen molar-refractivity contribution >= 4 is 22.4 Å². The summed E-state index contributed by atoms with van der Waals surface area (Å²) < 4.78 is 36.4. The fraction of sp³-hybridized carbons (Fsp3) is 0.467. The second-order valence-corrected chi connectivity index (χ2v) is 7.40. The highest BCUT2D eigenvalue weighted by Crippen LogP contribution is 2.16. The summed E-state index contributed by atoms with van der Waals surface area (Å²) in [6, 6.07) is 7.43. The summed E-state index contributed by atoms with van der Waals surface area (Å²) in [7, 11) is -3.46. The number of halogens is 1. The molecule has 0 fully saturated rings. The van der Waals surface area contributed by atoms with Crippen LogP contribution in [-0.2, 0) is 27.8 Å². The number of rotatable bonds is 9. The molecule has 0 saturated heterocycles. The van der Waals surface area contributed by atoms with E-state index in [0.29, 0.717) is 12.4 Å². The molecule has 140 valence electrons. The van der Waals surface area contributed by atoms with Gasteiger partial charge in [0.15, 0.2) is 0 Å². The van der Waals surface area contributed by atoms with Crippen LogP contribution in [0.15, 0.2) is 28.8 Å². The van der Waals surface area contributed by atoms with Crippen molar-refractivity contribution < 1.29 is 17.7 Å². The van der Waals surface area contributed by atoms with Crippen molar-refractivity contribution in [2.24, 2.45) is 5.73 Å². The molecule has 1 aromatic heterocycles. The number of sulfonamides is 1. The molecule has 0 aliphatic heterocycles. The molecule has 8 nitrogen and oxygen atoms in total. The Labute approximate surface area is 153 Å². The number of aromatic nitrogens is 2. The Balaban J connectivity index is 0.00000312. The van der Waals surface area contributed by atoms with Crippen molar-refractivity contribution in [2.75, 3.05) is 12.4 Å². The maximum atomic E-state index is 11.8. The van der Waals surface area contributed by atoms with E-state index in [1.807, 2.05) is 38.1 Å². The summed E-state index contributed by atoms with van der Waals surface area (Å²) in [5.74, 6) is 0.476. The number of hydrogen-bond donors (Lipinski definition) is 2. The maximum absolute atomic E-state index is 11.8. The van der Waals surface area contributed by atoms with Crippen LogP contribution in [-0.4, -0.2) is 37.0 Å². The van der Waals surface area contributed by atoms with Gasteiger partial charge in [0.05, 0.1) is 25.0 Å². The van der Waals surface area contributed by atoms with Crippen molar-refractivity contribution in [3.63, 3.8) is 0 Å². The second kappa shape index (κ2) is 9.83. The van der Waals surface area contributed by atoms with Gasteiger partial charge in [-0.2, -0.15) is 4.98 Å². The van der Waals surface area contributed by atoms with Crippen LogP contribution in [0, 0.1) is 0 Å². The molecule has 10 heteroatoms. The first-order valence-corrected chi connectivity index (χ1v) is 9.26. The highest BCUT2D eigenvalue weighted by atomic mass is 35.5. The van der Waals surface area contributed by atoms with Crippen molar-refractivity contribution in [2.45, 2.75) is 33.0 Å². The molecule has 2 aromatic rings. The average Bonchev–Trinajstić information content (AvgIpc) is 3.02. The lowest BCUT2D eigenvalue weighted by Gasteiger charge is -2.08. The van der Waals surface area contributed by atoms with Crippen molar-refractivity contribution in [3.05, 3.63) is 35.7 Å². The predicted octanol–water partition coefficient (Wildman–Crippen LogP) is 1.46. The number of nitrogens with two attached hydrogens (primary N) is 1. The summed E-state index contributed by atoms with van der Waals surface area (Å²) in [5.41, 5.74) is 7.32. The van der Waals surface area contributed by atoms with E-state index in [-0.39, 0.29) is 43.3 Å². The highest BCUT2D eigenvalue weighted by Gasteiger charge is 2.14. The van der Waals surface area contributed by atoms with E-state index < -0.39 is 10.0 Å². The molecule has 0 bridgehead atoms. The Morgan fingerprint density at radius 3 is 2.56 bits per heavy atom. The van der Waals surface area contributed by atoms with Gasteiger partial charge in [-0.3, -0.25) is 0 Å².